The molecule has 0 aromatic heterocycles. The van der Waals surface area contributed by atoms with Gasteiger partial charge in [0.2, 0.25) is 0 Å². The minimum atomic E-state index is 0.752. The second-order valence-electron chi connectivity index (χ2n) is 6.33. The summed E-state index contributed by atoms with van der Waals surface area (Å²) in [5.41, 5.74) is 2.98. The topological polar surface area (TPSA) is 12.0 Å². The second-order valence-corrected chi connectivity index (χ2v) is 6.33. The van der Waals surface area contributed by atoms with Gasteiger partial charge in [-0.15, -0.1) is 0 Å². The maximum Gasteiger partial charge on any atom is -0.00489 e. The van der Waals surface area contributed by atoms with Gasteiger partial charge in [0.1, 0.15) is 0 Å². The average Bonchev–Trinajstić information content (AvgIpc) is 2.43. The van der Waals surface area contributed by atoms with Crippen LogP contribution in [-0.2, 0) is 12.8 Å². The highest BCUT2D eigenvalue weighted by atomic mass is 14.8. The van der Waals surface area contributed by atoms with E-state index in [0.29, 0.717) is 0 Å². The van der Waals surface area contributed by atoms with Gasteiger partial charge in [0.15, 0.2) is 0 Å². The smallest absolute Gasteiger partial charge is 0.00489 e. The molecule has 0 saturated carbocycles. The van der Waals surface area contributed by atoms with Gasteiger partial charge in [-0.25, -0.2) is 0 Å². The van der Waals surface area contributed by atoms with Crippen LogP contribution in [0.3, 0.4) is 0 Å². The molecule has 20 heavy (non-hydrogen) atoms. The number of nitrogens with one attached hydrogen (secondary N) is 1. The first kappa shape index (κ1) is 17.2. The molecule has 0 amide bonds. The van der Waals surface area contributed by atoms with Gasteiger partial charge in [0.25, 0.3) is 0 Å². The average molecular weight is 275 g/mol. The third-order valence-corrected chi connectivity index (χ3v) is 3.66. The normalized spacial score (nSPS) is 11.2. The Balaban J connectivity index is 2.07. The van der Waals surface area contributed by atoms with Crippen LogP contribution in [0.4, 0.5) is 0 Å². The number of hydrogen-bond donors (Lipinski definition) is 1. The van der Waals surface area contributed by atoms with E-state index in [1.807, 2.05) is 0 Å². The molecule has 0 unspecified atom stereocenters. The molecule has 0 radical (unpaired) electrons. The van der Waals surface area contributed by atoms with E-state index in [1.54, 1.807) is 0 Å². The minimum Gasteiger partial charge on any atom is -0.317 e. The van der Waals surface area contributed by atoms with E-state index in [9.17, 15) is 0 Å². The van der Waals surface area contributed by atoms with Crippen LogP contribution >= 0.6 is 0 Å². The zero-order valence-corrected chi connectivity index (χ0v) is 13.8. The van der Waals surface area contributed by atoms with Crippen LogP contribution in [0.2, 0.25) is 0 Å². The van der Waals surface area contributed by atoms with E-state index >= 15 is 0 Å². The summed E-state index contributed by atoms with van der Waals surface area (Å²) in [7, 11) is 0. The molecule has 0 heterocycles. The maximum absolute atomic E-state index is 3.47. The number of unbranched alkanes of at least 4 members (excludes halogenated alkanes) is 3. The van der Waals surface area contributed by atoms with Crippen molar-refractivity contribution in [3.8, 4) is 0 Å². The standard InChI is InChI=1S/C19H33N/c1-4-14-20-15-8-6-5-7-9-18-10-12-19(13-11-18)16-17(2)3/h10-13,17,20H,4-9,14-16H2,1-3H3. The molecular weight excluding hydrogens is 242 g/mol. The van der Waals surface area contributed by atoms with Crippen LogP contribution < -0.4 is 5.32 Å². The number of benzene rings is 1. The lowest BCUT2D eigenvalue weighted by Crippen LogP contribution is -2.15. The van der Waals surface area contributed by atoms with Crippen molar-refractivity contribution >= 4 is 0 Å². The molecule has 0 atom stereocenters. The molecule has 0 saturated heterocycles. The van der Waals surface area contributed by atoms with Crippen molar-refractivity contribution in [3.05, 3.63) is 35.4 Å². The number of rotatable bonds is 11. The monoisotopic (exact) mass is 275 g/mol. The van der Waals surface area contributed by atoms with E-state index < -0.39 is 0 Å². The Kier molecular flexibility index (Phi) is 9.40. The van der Waals surface area contributed by atoms with Gasteiger partial charge in [0, 0.05) is 0 Å². The molecule has 1 aromatic carbocycles. The van der Waals surface area contributed by atoms with E-state index in [0.717, 1.165) is 5.92 Å². The SMILES string of the molecule is CCCNCCCCCCc1ccc(CC(C)C)cc1. The fourth-order valence-corrected chi connectivity index (χ4v) is 2.55. The minimum absolute atomic E-state index is 0.752. The highest BCUT2D eigenvalue weighted by molar-refractivity contribution is 5.22. The van der Waals surface area contributed by atoms with Crippen LogP contribution in [0, 0.1) is 5.92 Å². The largest absolute Gasteiger partial charge is 0.317 e. The van der Waals surface area contributed by atoms with Crippen molar-refractivity contribution < 1.29 is 0 Å². The van der Waals surface area contributed by atoms with E-state index in [2.05, 4.69) is 50.4 Å². The maximum atomic E-state index is 3.47. The molecular formula is C19H33N. The van der Waals surface area contributed by atoms with E-state index in [1.165, 1.54) is 69.2 Å². The molecule has 0 aliphatic heterocycles. The lowest BCUT2D eigenvalue weighted by Gasteiger charge is -2.07. The summed E-state index contributed by atoms with van der Waals surface area (Å²) in [6.07, 6.45) is 9.07. The Morgan fingerprint density at radius 2 is 1.50 bits per heavy atom. The molecule has 1 rings (SSSR count). The predicted octanol–water partition coefficient (Wildman–Crippen LogP) is 4.99. The fraction of sp³-hybridized carbons (Fsp3) is 0.684. The van der Waals surface area contributed by atoms with Gasteiger partial charge >= 0.3 is 0 Å². The van der Waals surface area contributed by atoms with Crippen molar-refractivity contribution in [2.45, 2.75) is 65.7 Å². The quantitative estimate of drug-likeness (QED) is 0.561. The highest BCUT2D eigenvalue weighted by Gasteiger charge is 1.98. The van der Waals surface area contributed by atoms with Gasteiger partial charge < -0.3 is 5.32 Å². The summed E-state index contributed by atoms with van der Waals surface area (Å²) >= 11 is 0. The zero-order valence-electron chi connectivity index (χ0n) is 13.8. The fourth-order valence-electron chi connectivity index (χ4n) is 2.55. The Hall–Kier alpha value is -0.820. The zero-order chi connectivity index (χ0) is 14.6. The Morgan fingerprint density at radius 1 is 0.850 bits per heavy atom. The summed E-state index contributed by atoms with van der Waals surface area (Å²) in [5, 5.41) is 3.47. The molecule has 1 heteroatoms. The van der Waals surface area contributed by atoms with Crippen LogP contribution in [0.1, 0.15) is 64.0 Å². The van der Waals surface area contributed by atoms with Crippen molar-refractivity contribution in [3.63, 3.8) is 0 Å². The van der Waals surface area contributed by atoms with Gasteiger partial charge in [-0.1, -0.05) is 57.9 Å². The molecule has 0 aliphatic carbocycles. The molecule has 1 aromatic rings. The summed E-state index contributed by atoms with van der Waals surface area (Å²) in [6, 6.07) is 9.26. The van der Waals surface area contributed by atoms with Crippen LogP contribution in [0.15, 0.2) is 24.3 Å². The van der Waals surface area contributed by atoms with Crippen LogP contribution in [0.5, 0.6) is 0 Å². The van der Waals surface area contributed by atoms with Crippen LogP contribution in [-0.4, -0.2) is 13.1 Å². The van der Waals surface area contributed by atoms with Crippen molar-refractivity contribution in [2.24, 2.45) is 5.92 Å². The van der Waals surface area contributed by atoms with Gasteiger partial charge in [-0.2, -0.15) is 0 Å². The summed E-state index contributed by atoms with van der Waals surface area (Å²) in [6.45, 7) is 9.15. The molecule has 0 fully saturated rings. The van der Waals surface area contributed by atoms with Crippen molar-refractivity contribution in [2.75, 3.05) is 13.1 Å². The third kappa shape index (κ3) is 8.37. The first-order valence-corrected chi connectivity index (χ1v) is 8.51. The van der Waals surface area contributed by atoms with E-state index in [-0.39, 0.29) is 0 Å². The summed E-state index contributed by atoms with van der Waals surface area (Å²) in [4.78, 5) is 0. The predicted molar refractivity (Wildman–Crippen MR) is 90.3 cm³/mol. The first-order valence-electron chi connectivity index (χ1n) is 8.51. The molecule has 114 valence electrons. The number of hydrogen-bond acceptors (Lipinski definition) is 1. The van der Waals surface area contributed by atoms with Gasteiger partial charge in [-0.05, 0) is 62.2 Å². The highest BCUT2D eigenvalue weighted by Crippen LogP contribution is 2.12. The lowest BCUT2D eigenvalue weighted by molar-refractivity contribution is 0.584. The lowest BCUT2D eigenvalue weighted by atomic mass is 10.00. The summed E-state index contributed by atoms with van der Waals surface area (Å²) in [5.74, 6) is 0.752. The second kappa shape index (κ2) is 10.9. The molecule has 0 bridgehead atoms. The Labute approximate surface area is 126 Å². The number of aryl methyl sites for hydroxylation is 1. The summed E-state index contributed by atoms with van der Waals surface area (Å²) < 4.78 is 0. The Morgan fingerprint density at radius 3 is 2.15 bits per heavy atom. The van der Waals surface area contributed by atoms with Crippen LogP contribution in [0.25, 0.3) is 0 Å². The van der Waals surface area contributed by atoms with Crippen molar-refractivity contribution in [1.29, 1.82) is 0 Å². The van der Waals surface area contributed by atoms with Gasteiger partial charge in [-0.3, -0.25) is 0 Å². The Bertz CT molecular complexity index is 326. The van der Waals surface area contributed by atoms with Gasteiger partial charge in [0.05, 0.1) is 0 Å². The first-order chi connectivity index (χ1) is 9.72. The molecule has 1 N–H and O–H groups in total. The molecule has 0 spiro atoms. The van der Waals surface area contributed by atoms with E-state index in [4.69, 9.17) is 0 Å². The van der Waals surface area contributed by atoms with Crippen molar-refractivity contribution in [1.82, 2.24) is 5.32 Å². The molecule has 1 nitrogen and oxygen atoms in total. The third-order valence-electron chi connectivity index (χ3n) is 3.66. The molecule has 0 aliphatic rings.